The lowest BCUT2D eigenvalue weighted by Gasteiger charge is -2.18. The molecule has 1 fully saturated rings. The van der Waals surface area contributed by atoms with Crippen LogP contribution in [-0.4, -0.2) is 45.1 Å². The van der Waals surface area contributed by atoms with Crippen LogP contribution in [0.3, 0.4) is 0 Å². The predicted molar refractivity (Wildman–Crippen MR) is 121 cm³/mol. The van der Waals surface area contributed by atoms with Gasteiger partial charge in [0.05, 0.1) is 10.8 Å². The summed E-state index contributed by atoms with van der Waals surface area (Å²) in [5.74, 6) is -2.08. The summed E-state index contributed by atoms with van der Waals surface area (Å²) in [7, 11) is -3.84. The first-order chi connectivity index (χ1) is 15.1. The van der Waals surface area contributed by atoms with Gasteiger partial charge in [-0.3, -0.25) is 14.4 Å². The van der Waals surface area contributed by atoms with E-state index in [4.69, 9.17) is 9.88 Å². The molecule has 0 spiro atoms. The van der Waals surface area contributed by atoms with E-state index < -0.39 is 33.9 Å². The molecule has 2 aromatic rings. The maximum absolute atomic E-state index is 12.5. The number of benzene rings is 2. The average Bonchev–Trinajstić information content (AvgIpc) is 3.15. The van der Waals surface area contributed by atoms with Gasteiger partial charge in [-0.05, 0) is 55.6 Å². The van der Waals surface area contributed by atoms with E-state index in [2.05, 4.69) is 5.32 Å². The number of carbonyl (C=O) groups is 3. The zero-order valence-corrected chi connectivity index (χ0v) is 19.1. The van der Waals surface area contributed by atoms with E-state index in [1.165, 1.54) is 31.2 Å². The number of nitrogens with zero attached hydrogens (tertiary/aromatic N) is 1. The molecule has 0 unspecified atom stereocenters. The molecule has 1 heterocycles. The van der Waals surface area contributed by atoms with Gasteiger partial charge in [-0.15, -0.1) is 11.8 Å². The summed E-state index contributed by atoms with van der Waals surface area (Å²) in [5.41, 5.74) is 1.03. The maximum Gasteiger partial charge on any atom is 0.312 e. The Morgan fingerprint density at radius 3 is 2.53 bits per heavy atom. The molecule has 0 saturated carbocycles. The molecule has 2 aromatic carbocycles. The van der Waals surface area contributed by atoms with Gasteiger partial charge in [0, 0.05) is 29.2 Å². The molecule has 1 saturated heterocycles. The number of nitrogens with two attached hydrogens (primary N) is 1. The second kappa shape index (κ2) is 9.72. The van der Waals surface area contributed by atoms with Gasteiger partial charge in [-0.25, -0.2) is 13.6 Å². The van der Waals surface area contributed by atoms with E-state index in [0.29, 0.717) is 11.4 Å². The minimum absolute atomic E-state index is 0.00565. The number of hydrogen-bond donors (Lipinski definition) is 2. The molecule has 170 valence electrons. The van der Waals surface area contributed by atoms with E-state index in [9.17, 15) is 22.8 Å². The van der Waals surface area contributed by atoms with Gasteiger partial charge in [0.1, 0.15) is 0 Å². The SMILES string of the molecule is CSc1cccc(N2C[C@H](C(=O)O[C@H](C)C(=O)Nc3ccc(S(N)(=O)=O)cc3)CC2=O)c1. The summed E-state index contributed by atoms with van der Waals surface area (Å²) < 4.78 is 27.9. The summed E-state index contributed by atoms with van der Waals surface area (Å²) >= 11 is 1.55. The van der Waals surface area contributed by atoms with Gasteiger partial charge in [0.2, 0.25) is 15.9 Å². The van der Waals surface area contributed by atoms with Crippen molar-refractivity contribution in [2.75, 3.05) is 23.0 Å². The first-order valence-electron chi connectivity index (χ1n) is 9.67. The Labute approximate surface area is 190 Å². The van der Waals surface area contributed by atoms with Crippen LogP contribution >= 0.6 is 11.8 Å². The largest absolute Gasteiger partial charge is 0.452 e. The van der Waals surface area contributed by atoms with Gasteiger partial charge in [0.15, 0.2) is 6.10 Å². The zero-order chi connectivity index (χ0) is 23.5. The summed E-state index contributed by atoms with van der Waals surface area (Å²) in [6, 6.07) is 12.7. The third-order valence-electron chi connectivity index (χ3n) is 4.94. The highest BCUT2D eigenvalue weighted by molar-refractivity contribution is 7.98. The number of ether oxygens (including phenoxy) is 1. The average molecular weight is 478 g/mol. The van der Waals surface area contributed by atoms with Crippen LogP contribution in [0.5, 0.6) is 0 Å². The molecule has 9 nitrogen and oxygen atoms in total. The molecule has 1 aliphatic heterocycles. The second-order valence-corrected chi connectivity index (χ2v) is 9.69. The molecule has 0 aromatic heterocycles. The highest BCUT2D eigenvalue weighted by Gasteiger charge is 2.37. The Bertz CT molecular complexity index is 1130. The molecule has 3 N–H and O–H groups in total. The van der Waals surface area contributed by atoms with Crippen molar-refractivity contribution >= 4 is 50.9 Å². The molecular weight excluding hydrogens is 454 g/mol. The van der Waals surface area contributed by atoms with E-state index in [0.717, 1.165) is 4.90 Å². The quantitative estimate of drug-likeness (QED) is 0.460. The Morgan fingerprint density at radius 2 is 1.91 bits per heavy atom. The van der Waals surface area contributed by atoms with Crippen LogP contribution < -0.4 is 15.4 Å². The van der Waals surface area contributed by atoms with Crippen molar-refractivity contribution in [2.24, 2.45) is 11.1 Å². The first kappa shape index (κ1) is 23.8. The van der Waals surface area contributed by atoms with Crippen LogP contribution in [0, 0.1) is 5.92 Å². The second-order valence-electron chi connectivity index (χ2n) is 7.24. The number of amides is 2. The van der Waals surface area contributed by atoms with Crippen LogP contribution in [-0.2, 0) is 29.1 Å². The Kier molecular flexibility index (Phi) is 7.22. The van der Waals surface area contributed by atoms with E-state index >= 15 is 0 Å². The molecule has 3 rings (SSSR count). The smallest absolute Gasteiger partial charge is 0.312 e. The monoisotopic (exact) mass is 477 g/mol. The number of nitrogens with one attached hydrogen (secondary N) is 1. The van der Waals surface area contributed by atoms with Gasteiger partial charge >= 0.3 is 5.97 Å². The number of hydrogen-bond acceptors (Lipinski definition) is 7. The lowest BCUT2D eigenvalue weighted by atomic mass is 10.1. The Morgan fingerprint density at radius 1 is 1.22 bits per heavy atom. The van der Waals surface area contributed by atoms with Gasteiger partial charge in [0.25, 0.3) is 5.91 Å². The minimum atomic E-state index is -3.84. The van der Waals surface area contributed by atoms with E-state index in [1.54, 1.807) is 16.7 Å². The Balaban J connectivity index is 1.58. The van der Waals surface area contributed by atoms with Gasteiger partial charge < -0.3 is 15.0 Å². The van der Waals surface area contributed by atoms with Gasteiger partial charge in [-0.2, -0.15) is 0 Å². The minimum Gasteiger partial charge on any atom is -0.452 e. The standard InChI is InChI=1S/C21H23N3O6S2/c1-13(20(26)23-15-6-8-18(9-7-15)32(22,28)29)30-21(27)14-10-19(25)24(12-14)16-4-3-5-17(11-16)31-2/h3-9,11,13-14H,10,12H2,1-2H3,(H,23,26)(H2,22,28,29)/t13-,14-/m1/s1. The normalized spacial score (nSPS) is 17.2. The van der Waals surface area contributed by atoms with Crippen LogP contribution in [0.4, 0.5) is 11.4 Å². The highest BCUT2D eigenvalue weighted by atomic mass is 32.2. The van der Waals surface area contributed by atoms with Crippen LogP contribution in [0.15, 0.2) is 58.3 Å². The number of esters is 1. The molecular formula is C21H23N3O6S2. The number of rotatable bonds is 7. The molecule has 1 aliphatic rings. The molecule has 11 heteroatoms. The maximum atomic E-state index is 12.5. The number of anilines is 2. The third kappa shape index (κ3) is 5.67. The predicted octanol–water partition coefficient (Wildman–Crippen LogP) is 1.98. The van der Waals surface area contributed by atoms with Crippen molar-refractivity contribution in [3.63, 3.8) is 0 Å². The zero-order valence-electron chi connectivity index (χ0n) is 17.5. The molecule has 2 amide bonds. The van der Waals surface area contributed by atoms with Crippen molar-refractivity contribution in [1.29, 1.82) is 0 Å². The van der Waals surface area contributed by atoms with Crippen LogP contribution in [0.25, 0.3) is 0 Å². The fourth-order valence-corrected chi connectivity index (χ4v) is 4.16. The molecule has 2 atom stereocenters. The van der Waals surface area contributed by atoms with Crippen molar-refractivity contribution in [3.8, 4) is 0 Å². The van der Waals surface area contributed by atoms with Crippen LogP contribution in [0.2, 0.25) is 0 Å². The van der Waals surface area contributed by atoms with Crippen molar-refractivity contribution in [3.05, 3.63) is 48.5 Å². The van der Waals surface area contributed by atoms with Crippen molar-refractivity contribution < 1.29 is 27.5 Å². The van der Waals surface area contributed by atoms with Crippen molar-refractivity contribution in [1.82, 2.24) is 0 Å². The molecule has 32 heavy (non-hydrogen) atoms. The van der Waals surface area contributed by atoms with Gasteiger partial charge in [-0.1, -0.05) is 6.07 Å². The summed E-state index contributed by atoms with van der Waals surface area (Å²) in [6.07, 6.45) is 0.835. The fraction of sp³-hybridized carbons (Fsp3) is 0.286. The lowest BCUT2D eigenvalue weighted by Crippen LogP contribution is -2.33. The number of carbonyl (C=O) groups excluding carboxylic acids is 3. The summed E-state index contributed by atoms with van der Waals surface area (Å²) in [5, 5.41) is 7.58. The summed E-state index contributed by atoms with van der Waals surface area (Å²) in [4.78, 5) is 39.8. The molecule has 0 bridgehead atoms. The fourth-order valence-electron chi connectivity index (χ4n) is 3.19. The summed E-state index contributed by atoms with van der Waals surface area (Å²) in [6.45, 7) is 1.60. The highest BCUT2D eigenvalue weighted by Crippen LogP contribution is 2.29. The Hall–Kier alpha value is -2.89. The third-order valence-corrected chi connectivity index (χ3v) is 6.59. The topological polar surface area (TPSA) is 136 Å². The lowest BCUT2D eigenvalue weighted by molar-refractivity contribution is -0.157. The molecule has 0 radical (unpaired) electrons. The first-order valence-corrected chi connectivity index (χ1v) is 12.4. The number of primary sulfonamides is 1. The van der Waals surface area contributed by atoms with E-state index in [1.807, 2.05) is 30.5 Å². The van der Waals surface area contributed by atoms with Crippen LogP contribution in [0.1, 0.15) is 13.3 Å². The number of thioether (sulfide) groups is 1. The van der Waals surface area contributed by atoms with E-state index in [-0.39, 0.29) is 23.8 Å². The number of sulfonamides is 1. The van der Waals surface area contributed by atoms with Crippen molar-refractivity contribution in [2.45, 2.75) is 29.2 Å². The molecule has 0 aliphatic carbocycles.